The number of hydrogen-bond donors (Lipinski definition) is 5. The normalized spacial score (nSPS) is 12.8. The van der Waals surface area contributed by atoms with Gasteiger partial charge in [-0.05, 0) is 23.8 Å². The Morgan fingerprint density at radius 2 is 1.96 bits per heavy atom. The Morgan fingerprint density at radius 1 is 1.25 bits per heavy atom. The molecule has 12 heteroatoms. The number of methoxy groups -OCH3 is 1. The Kier molecular flexibility index (Phi) is 8.03. The van der Waals surface area contributed by atoms with Crippen LogP contribution < -0.4 is 4.74 Å². The molecule has 0 heterocycles. The fourth-order valence-corrected chi connectivity index (χ4v) is 1.45. The predicted molar refractivity (Wildman–Crippen MR) is 71.4 cm³/mol. The molecule has 0 aliphatic rings. The van der Waals surface area contributed by atoms with Crippen LogP contribution in [0, 0.1) is 0 Å². The number of nitrogens with zero attached hydrogens (tertiary/aromatic N) is 2. The summed E-state index contributed by atoms with van der Waals surface area (Å²) in [7, 11) is 1.36. The second-order valence-corrected chi connectivity index (χ2v) is 4.04. The summed E-state index contributed by atoms with van der Waals surface area (Å²) in [6.45, 7) is -0.767. The van der Waals surface area contributed by atoms with Gasteiger partial charge in [-0.3, -0.25) is 20.8 Å². The summed E-state index contributed by atoms with van der Waals surface area (Å²) in [4.78, 5) is 20.0. The summed E-state index contributed by atoms with van der Waals surface area (Å²) in [5.74, 6) is -0.853. The second-order valence-electron chi connectivity index (χ2n) is 4.04. The lowest BCUT2D eigenvalue weighted by Gasteiger charge is -2.18. The molecule has 5 N–H and O–H groups in total. The molecule has 0 saturated carbocycles. The molecule has 1 rings (SSSR count). The minimum atomic E-state index is -1.70. The third kappa shape index (κ3) is 7.32. The molecular weight excluding hydrogens is 332 g/mol. The summed E-state index contributed by atoms with van der Waals surface area (Å²) in [5, 5.41) is 41.8. The molecule has 1 atom stereocenters. The van der Waals surface area contributed by atoms with Crippen LogP contribution in [-0.4, -0.2) is 62.7 Å². The maximum absolute atomic E-state index is 11.6. The highest BCUT2D eigenvalue weighted by Gasteiger charge is 2.18. The standard InChI is InChI=1S/C12H16N2O10/c1-21-10-6-8(2-4-9(10)15)3-5-11(16)23-12(24-14(19)20)7-22-13(17)18/h2-6,12,15,17-20H,7H2,1H3/b5-3+. The molecule has 0 bridgehead atoms. The van der Waals surface area contributed by atoms with Gasteiger partial charge in [0.15, 0.2) is 11.5 Å². The van der Waals surface area contributed by atoms with Crippen LogP contribution in [0.15, 0.2) is 24.3 Å². The topological polar surface area (TPSA) is 162 Å². The lowest BCUT2D eigenvalue weighted by atomic mass is 10.2. The van der Waals surface area contributed by atoms with Crippen molar-refractivity contribution in [2.24, 2.45) is 0 Å². The van der Waals surface area contributed by atoms with Gasteiger partial charge < -0.3 is 14.6 Å². The van der Waals surface area contributed by atoms with Crippen molar-refractivity contribution in [1.82, 2.24) is 10.8 Å². The van der Waals surface area contributed by atoms with Gasteiger partial charge in [-0.2, -0.15) is 0 Å². The second kappa shape index (κ2) is 9.76. The zero-order valence-corrected chi connectivity index (χ0v) is 12.3. The van der Waals surface area contributed by atoms with E-state index >= 15 is 0 Å². The summed E-state index contributed by atoms with van der Waals surface area (Å²) in [6.07, 6.45) is 0.590. The van der Waals surface area contributed by atoms with Crippen molar-refractivity contribution in [2.45, 2.75) is 6.29 Å². The molecule has 0 amide bonds. The van der Waals surface area contributed by atoms with E-state index in [4.69, 9.17) is 25.6 Å². The van der Waals surface area contributed by atoms with Crippen molar-refractivity contribution in [3.8, 4) is 11.5 Å². The van der Waals surface area contributed by atoms with Crippen molar-refractivity contribution < 1.29 is 49.9 Å². The van der Waals surface area contributed by atoms with Crippen LogP contribution in [0.5, 0.6) is 11.5 Å². The van der Waals surface area contributed by atoms with Crippen molar-refractivity contribution in [1.29, 1.82) is 0 Å². The van der Waals surface area contributed by atoms with Gasteiger partial charge in [0.05, 0.1) is 17.9 Å². The summed E-state index contributed by atoms with van der Waals surface area (Å²) in [6, 6.07) is 4.31. The zero-order valence-electron chi connectivity index (χ0n) is 12.3. The highest BCUT2D eigenvalue weighted by molar-refractivity contribution is 5.87. The predicted octanol–water partition coefficient (Wildman–Crippen LogP) is 0.307. The number of aromatic hydroxyl groups is 1. The molecule has 0 aromatic heterocycles. The van der Waals surface area contributed by atoms with Crippen molar-refractivity contribution in [2.75, 3.05) is 13.7 Å². The molecule has 0 spiro atoms. The number of benzene rings is 1. The Hall–Kier alpha value is -2.29. The van der Waals surface area contributed by atoms with E-state index in [1.165, 1.54) is 31.4 Å². The maximum atomic E-state index is 11.6. The average Bonchev–Trinajstić information content (AvgIpc) is 2.51. The molecule has 1 aromatic rings. The van der Waals surface area contributed by atoms with E-state index in [1.807, 2.05) is 0 Å². The van der Waals surface area contributed by atoms with Gasteiger partial charge in [0.1, 0.15) is 6.61 Å². The molecule has 0 aliphatic carbocycles. The smallest absolute Gasteiger partial charge is 0.333 e. The van der Waals surface area contributed by atoms with E-state index < -0.39 is 29.6 Å². The van der Waals surface area contributed by atoms with E-state index in [0.717, 1.165) is 6.08 Å². The monoisotopic (exact) mass is 348 g/mol. The lowest BCUT2D eigenvalue weighted by Crippen LogP contribution is -2.34. The lowest BCUT2D eigenvalue weighted by molar-refractivity contribution is -0.541. The molecular formula is C12H16N2O10. The van der Waals surface area contributed by atoms with Gasteiger partial charge in [0.25, 0.3) is 6.29 Å². The third-order valence-electron chi connectivity index (χ3n) is 2.40. The van der Waals surface area contributed by atoms with Gasteiger partial charge >= 0.3 is 5.97 Å². The van der Waals surface area contributed by atoms with Crippen molar-refractivity contribution in [3.63, 3.8) is 0 Å². The van der Waals surface area contributed by atoms with Gasteiger partial charge in [-0.25, -0.2) is 14.5 Å². The number of phenolic OH excluding ortho intramolecular Hbond substituents is 1. The highest BCUT2D eigenvalue weighted by atomic mass is 17.1. The van der Waals surface area contributed by atoms with Crippen molar-refractivity contribution >= 4 is 12.0 Å². The van der Waals surface area contributed by atoms with Gasteiger partial charge in [0, 0.05) is 6.08 Å². The number of rotatable bonds is 9. The van der Waals surface area contributed by atoms with Crippen LogP contribution in [0.25, 0.3) is 6.08 Å². The first-order valence-electron chi connectivity index (χ1n) is 6.23. The first-order chi connectivity index (χ1) is 11.3. The van der Waals surface area contributed by atoms with Crippen LogP contribution in [0.2, 0.25) is 0 Å². The maximum Gasteiger partial charge on any atom is 0.333 e. The summed E-state index contributed by atoms with van der Waals surface area (Å²) >= 11 is 0. The molecule has 0 fully saturated rings. The zero-order chi connectivity index (χ0) is 18.1. The number of carbonyl (C=O) groups excluding carboxylic acids is 1. The largest absolute Gasteiger partial charge is 0.504 e. The summed E-state index contributed by atoms with van der Waals surface area (Å²) < 4.78 is 9.56. The van der Waals surface area contributed by atoms with E-state index in [-0.39, 0.29) is 11.5 Å². The Bertz CT molecular complexity index is 563. The Labute approximate surface area is 135 Å². The van der Waals surface area contributed by atoms with Gasteiger partial charge in [-0.1, -0.05) is 6.07 Å². The Balaban J connectivity index is 2.66. The number of esters is 1. The molecule has 0 aliphatic heterocycles. The van der Waals surface area contributed by atoms with Crippen LogP contribution in [0.4, 0.5) is 0 Å². The number of ether oxygens (including phenoxy) is 2. The van der Waals surface area contributed by atoms with E-state index in [2.05, 4.69) is 14.4 Å². The number of phenols is 1. The van der Waals surface area contributed by atoms with E-state index in [9.17, 15) is 9.90 Å². The molecule has 1 unspecified atom stereocenters. The number of hydrogen-bond acceptors (Lipinski definition) is 12. The van der Waals surface area contributed by atoms with E-state index in [0.29, 0.717) is 5.56 Å². The molecule has 24 heavy (non-hydrogen) atoms. The molecule has 134 valence electrons. The first-order valence-corrected chi connectivity index (χ1v) is 6.23. The fourth-order valence-electron chi connectivity index (χ4n) is 1.45. The van der Waals surface area contributed by atoms with Crippen molar-refractivity contribution in [3.05, 3.63) is 29.8 Å². The van der Waals surface area contributed by atoms with E-state index in [1.54, 1.807) is 0 Å². The van der Waals surface area contributed by atoms with Gasteiger partial charge in [0.2, 0.25) is 0 Å². The summed E-state index contributed by atoms with van der Waals surface area (Å²) in [5.41, 5.74) is 0.498. The van der Waals surface area contributed by atoms with Gasteiger partial charge in [-0.15, -0.1) is 0 Å². The molecule has 1 aromatic carbocycles. The van der Waals surface area contributed by atoms with Crippen LogP contribution in [-0.2, 0) is 19.2 Å². The molecule has 0 radical (unpaired) electrons. The molecule has 12 nitrogen and oxygen atoms in total. The van der Waals surface area contributed by atoms with Crippen LogP contribution in [0.3, 0.4) is 0 Å². The fraction of sp³-hybridized carbons (Fsp3) is 0.250. The SMILES string of the molecule is COc1cc(/C=C/C(=O)OC(CON(O)O)ON(O)O)ccc1O. The highest BCUT2D eigenvalue weighted by Crippen LogP contribution is 2.26. The van der Waals surface area contributed by atoms with Crippen LogP contribution >= 0.6 is 0 Å². The quantitative estimate of drug-likeness (QED) is 0.180. The molecule has 0 saturated heterocycles. The first kappa shape index (κ1) is 19.8. The third-order valence-corrected chi connectivity index (χ3v) is 2.40. The minimum Gasteiger partial charge on any atom is -0.504 e. The minimum absolute atomic E-state index is 0.0774. The Morgan fingerprint density at radius 3 is 2.54 bits per heavy atom. The average molecular weight is 348 g/mol. The van der Waals surface area contributed by atoms with Crippen LogP contribution in [0.1, 0.15) is 5.56 Å². The number of carbonyl (C=O) groups is 1.